The van der Waals surface area contributed by atoms with Crippen LogP contribution in [-0.2, 0) is 11.2 Å². The third-order valence-corrected chi connectivity index (χ3v) is 6.27. The molecule has 0 aliphatic heterocycles. The minimum Gasteiger partial charge on any atom is -1.00 e. The van der Waals surface area contributed by atoms with Gasteiger partial charge in [0.2, 0.25) is 11.8 Å². The molecule has 0 saturated carbocycles. The van der Waals surface area contributed by atoms with Gasteiger partial charge in [0.1, 0.15) is 6.04 Å². The van der Waals surface area contributed by atoms with E-state index in [1.54, 1.807) is 18.2 Å². The second-order valence-corrected chi connectivity index (χ2v) is 9.11. The Labute approximate surface area is 258 Å². The summed E-state index contributed by atoms with van der Waals surface area (Å²) < 4.78 is 6.53. The molecule has 0 spiro atoms. The van der Waals surface area contributed by atoms with Crippen LogP contribution in [0.2, 0.25) is 5.02 Å². The van der Waals surface area contributed by atoms with Crippen molar-refractivity contribution in [1.29, 1.82) is 0 Å². The number of anilines is 1. The van der Waals surface area contributed by atoms with E-state index in [2.05, 4.69) is 10.4 Å². The molecule has 2 N–H and O–H groups in total. The molecule has 40 heavy (non-hydrogen) atoms. The molecule has 200 valence electrons. The van der Waals surface area contributed by atoms with Gasteiger partial charge in [-0.15, -0.1) is 5.10 Å². The van der Waals surface area contributed by atoms with Crippen molar-refractivity contribution in [2.45, 2.75) is 19.4 Å². The normalized spacial score (nSPS) is 11.2. The van der Waals surface area contributed by atoms with Gasteiger partial charge in [-0.1, -0.05) is 41.9 Å². The molecule has 3 aromatic carbocycles. The number of hydrogen-bond donors (Lipinski definition) is 2. The van der Waals surface area contributed by atoms with Gasteiger partial charge in [-0.05, 0) is 60.5 Å². The fraction of sp³-hybridized carbons (Fsp3) is 0.138. The van der Waals surface area contributed by atoms with Crippen LogP contribution in [0.15, 0.2) is 83.7 Å². The molecule has 11 heteroatoms. The van der Waals surface area contributed by atoms with Gasteiger partial charge in [0.15, 0.2) is 5.78 Å². The Hall–Kier alpha value is -3.76. The molecule has 0 unspecified atom stereocenters. The topological polar surface area (TPSA) is 128 Å². The van der Waals surface area contributed by atoms with E-state index in [-0.39, 0.29) is 60.2 Å². The molecule has 0 aliphatic carbocycles. The van der Waals surface area contributed by atoms with Crippen LogP contribution in [-0.4, -0.2) is 39.7 Å². The van der Waals surface area contributed by atoms with Crippen LogP contribution in [0.3, 0.4) is 0 Å². The smallest absolute Gasteiger partial charge is 1.00 e. The Morgan fingerprint density at radius 3 is 2.30 bits per heavy atom. The van der Waals surface area contributed by atoms with Crippen LogP contribution in [0, 0.1) is 0 Å². The van der Waals surface area contributed by atoms with Crippen LogP contribution in [0.4, 0.5) is 5.69 Å². The molecule has 1 amide bonds. The van der Waals surface area contributed by atoms with E-state index in [9.17, 15) is 19.2 Å². The van der Waals surface area contributed by atoms with E-state index in [4.69, 9.17) is 21.4 Å². The van der Waals surface area contributed by atoms with Crippen LogP contribution < -0.4 is 45.2 Å². The first-order valence-electron chi connectivity index (χ1n) is 11.8. The van der Waals surface area contributed by atoms with Gasteiger partial charge in [-0.25, -0.2) is 9.48 Å². The zero-order valence-electron chi connectivity index (χ0n) is 23.1. The maximum Gasteiger partial charge on any atom is 1.00 e. The molecular weight excluding hydrogens is 545 g/mol. The zero-order chi connectivity index (χ0) is 28.1. The van der Waals surface area contributed by atoms with Gasteiger partial charge >= 0.3 is 35.5 Å². The number of benzene rings is 3. The molecule has 0 aliphatic rings. The number of hydrogen-bond acceptors (Lipinski definition) is 6. The van der Waals surface area contributed by atoms with Crippen LogP contribution in [0.1, 0.15) is 40.7 Å². The van der Waals surface area contributed by atoms with Crippen molar-refractivity contribution >= 4 is 34.9 Å². The number of carboxylic acid groups (broad SMARTS) is 1. The number of carboxylic acids is 1. The van der Waals surface area contributed by atoms with Gasteiger partial charge < -0.3 is 16.6 Å². The minimum absolute atomic E-state index is 0. The number of methoxy groups -OCH3 is 1. The number of nitrogens with zero attached hydrogens (tertiary/aromatic N) is 2. The molecule has 9 nitrogen and oxygen atoms in total. The fourth-order valence-corrected chi connectivity index (χ4v) is 4.29. The summed E-state index contributed by atoms with van der Waals surface area (Å²) in [6, 6.07) is 19.6. The molecule has 0 saturated heterocycles. The van der Waals surface area contributed by atoms with Crippen LogP contribution in [0.5, 0.6) is 5.88 Å². The van der Waals surface area contributed by atoms with Gasteiger partial charge in [-0.3, -0.25) is 14.4 Å². The Bertz CT molecular complexity index is 1610. The number of ether oxygens (including phenoxy) is 1. The van der Waals surface area contributed by atoms with Crippen LogP contribution in [0.25, 0.3) is 11.1 Å². The summed E-state index contributed by atoms with van der Waals surface area (Å²) in [5, 5.41) is 16.6. The summed E-state index contributed by atoms with van der Waals surface area (Å²) >= 11 is 6.18. The second kappa shape index (κ2) is 13.5. The van der Waals surface area contributed by atoms with E-state index >= 15 is 0 Å². The number of aromatic carboxylic acids is 1. The van der Waals surface area contributed by atoms with E-state index in [1.165, 1.54) is 44.4 Å². The van der Waals surface area contributed by atoms with Crippen molar-refractivity contribution in [1.82, 2.24) is 9.78 Å². The average Bonchev–Trinajstić information content (AvgIpc) is 2.92. The quantitative estimate of drug-likeness (QED) is 0.233. The van der Waals surface area contributed by atoms with E-state index in [1.807, 2.05) is 30.3 Å². The number of halogens is 1. The fourth-order valence-electron chi connectivity index (χ4n) is 4.11. The predicted molar refractivity (Wildman–Crippen MR) is 148 cm³/mol. The van der Waals surface area contributed by atoms with Crippen molar-refractivity contribution in [2.24, 2.45) is 0 Å². The summed E-state index contributed by atoms with van der Waals surface area (Å²) in [4.78, 5) is 50.4. The third kappa shape index (κ3) is 7.05. The molecule has 0 bridgehead atoms. The first kappa shape index (κ1) is 30.8. The van der Waals surface area contributed by atoms with E-state index in [0.717, 1.165) is 10.2 Å². The Morgan fingerprint density at radius 2 is 1.70 bits per heavy atom. The summed E-state index contributed by atoms with van der Waals surface area (Å²) in [6.07, 6.45) is 0.130. The number of rotatable bonds is 9. The Kier molecular flexibility index (Phi) is 10.4. The Balaban J connectivity index is 0.00000294. The zero-order valence-corrected chi connectivity index (χ0v) is 24.8. The summed E-state index contributed by atoms with van der Waals surface area (Å²) in [6.45, 7) is 1.40. The number of carbonyl (C=O) groups is 3. The van der Waals surface area contributed by atoms with Crippen molar-refractivity contribution in [3.8, 4) is 17.0 Å². The molecule has 4 rings (SSSR count). The molecule has 0 radical (unpaired) electrons. The van der Waals surface area contributed by atoms with Crippen molar-refractivity contribution in [3.05, 3.63) is 111 Å². The number of Topliss-reactive ketones (excluding diaryl/α,β-unsaturated/α-hetero) is 1. The van der Waals surface area contributed by atoms with Crippen LogP contribution >= 0.6 is 11.6 Å². The predicted octanol–water partition coefficient (Wildman–Crippen LogP) is 2.01. The van der Waals surface area contributed by atoms with Crippen molar-refractivity contribution in [3.63, 3.8) is 0 Å². The van der Waals surface area contributed by atoms with Gasteiger partial charge in [0, 0.05) is 28.8 Å². The number of ketones is 1. The van der Waals surface area contributed by atoms with Crippen molar-refractivity contribution < 1.29 is 55.2 Å². The molecule has 1 atom stereocenters. The van der Waals surface area contributed by atoms with E-state index < -0.39 is 23.5 Å². The largest absolute Gasteiger partial charge is 1.00 e. The first-order chi connectivity index (χ1) is 18.7. The number of nitrogens with one attached hydrogen (secondary N) is 1. The number of carbonyl (C=O) groups excluding carboxylic acids is 2. The maximum atomic E-state index is 13.5. The van der Waals surface area contributed by atoms with E-state index in [0.29, 0.717) is 21.8 Å². The summed E-state index contributed by atoms with van der Waals surface area (Å²) in [5.41, 5.74) is 1.57. The number of aromatic nitrogens is 2. The first-order valence-corrected chi connectivity index (χ1v) is 12.2. The minimum atomic E-state index is -1.09. The molecule has 4 aromatic rings. The maximum absolute atomic E-state index is 13.5. The monoisotopic (exact) mass is 569 g/mol. The Morgan fingerprint density at radius 1 is 1.02 bits per heavy atom. The van der Waals surface area contributed by atoms with Gasteiger partial charge in [-0.2, -0.15) is 0 Å². The standard InChI is InChI=1S/C29H24ClN3O6.Na.H/c1-17(34)22-13-10-20(30)15-23(22)24-16-26(35)33(32-28(24)39-2)25(14-18-6-4-3-5-7-18)27(36)31-21-11-8-19(9-12-21)29(37)38;;/h3-13,15-16,25H,14H2,1-2H3,(H,31,36)(H,37,38);;/q;+1;-1/t25-;;/m0../s1. The molecular formula is C29H25ClN3NaO6. The second-order valence-electron chi connectivity index (χ2n) is 8.67. The molecule has 1 heterocycles. The summed E-state index contributed by atoms with van der Waals surface area (Å²) in [5.74, 6) is -1.84. The molecule has 0 fully saturated rings. The van der Waals surface area contributed by atoms with Gasteiger partial charge in [0.05, 0.1) is 18.2 Å². The average molecular weight is 570 g/mol. The van der Waals surface area contributed by atoms with Gasteiger partial charge in [0.25, 0.3) is 5.56 Å². The third-order valence-electron chi connectivity index (χ3n) is 6.04. The number of amides is 1. The molecule has 1 aromatic heterocycles. The SMILES string of the molecule is COc1nn([C@@H](Cc2ccccc2)C(=O)Nc2ccc(C(=O)O)cc2)c(=O)cc1-c1cc(Cl)ccc1C(C)=O.[H-].[Na+]. The van der Waals surface area contributed by atoms with Crippen molar-refractivity contribution in [2.75, 3.05) is 12.4 Å². The summed E-state index contributed by atoms with van der Waals surface area (Å²) in [7, 11) is 1.37.